The van der Waals surface area contributed by atoms with E-state index in [4.69, 9.17) is 9.62 Å². The van der Waals surface area contributed by atoms with Gasteiger partial charge in [-0.2, -0.15) is 0 Å². The zero-order valence-corrected chi connectivity index (χ0v) is 17.9. The zero-order valence-electron chi connectivity index (χ0n) is 17.9. The molecule has 0 spiro atoms. The second-order valence-electron chi connectivity index (χ2n) is 8.78. The molecule has 4 heterocycles. The first-order valence-corrected chi connectivity index (χ1v) is 10.7. The van der Waals surface area contributed by atoms with Gasteiger partial charge < -0.3 is 29.4 Å². The van der Waals surface area contributed by atoms with Crippen LogP contribution in [0.4, 0.5) is 5.69 Å². The van der Waals surface area contributed by atoms with Crippen molar-refractivity contribution in [1.29, 1.82) is 0 Å². The number of fused-ring (bicyclic) bond motifs is 5. The fourth-order valence-corrected chi connectivity index (χ4v) is 5.13. The van der Waals surface area contributed by atoms with Gasteiger partial charge in [-0.15, -0.1) is 0 Å². The summed E-state index contributed by atoms with van der Waals surface area (Å²) in [5, 5.41) is 30.2. The highest BCUT2D eigenvalue weighted by molar-refractivity contribution is 5.85. The van der Waals surface area contributed by atoms with Crippen molar-refractivity contribution in [3.05, 3.63) is 73.1 Å². The van der Waals surface area contributed by atoms with E-state index in [9.17, 15) is 24.7 Å². The number of carbonyl (C=O) groups is 1. The number of anilines is 1. The second kappa shape index (κ2) is 7.75. The molecule has 33 heavy (non-hydrogen) atoms. The Balaban J connectivity index is 1.41. The third-order valence-corrected chi connectivity index (χ3v) is 6.74. The number of aryl methyl sites for hydroxylation is 1. The van der Waals surface area contributed by atoms with Gasteiger partial charge in [0.15, 0.2) is 0 Å². The van der Waals surface area contributed by atoms with E-state index in [1.165, 1.54) is 22.8 Å². The normalized spacial score (nSPS) is 19.4. The van der Waals surface area contributed by atoms with Gasteiger partial charge in [-0.1, -0.05) is 0 Å². The van der Waals surface area contributed by atoms with Crippen molar-refractivity contribution in [2.45, 2.75) is 32.2 Å². The molecule has 0 saturated carbocycles. The summed E-state index contributed by atoms with van der Waals surface area (Å²) in [6.07, 6.45) is 0.704. The molecule has 0 aliphatic carbocycles. The number of amides is 1. The molecule has 1 fully saturated rings. The number of aromatic nitrogens is 1. The Morgan fingerprint density at radius 3 is 2.76 bits per heavy atom. The summed E-state index contributed by atoms with van der Waals surface area (Å²) in [6, 6.07) is 7.46. The zero-order chi connectivity index (χ0) is 23.4. The van der Waals surface area contributed by atoms with Crippen molar-refractivity contribution in [2.24, 2.45) is 5.92 Å². The maximum absolute atomic E-state index is 13.2. The molecule has 10 nitrogen and oxygen atoms in total. The Bertz CT molecular complexity index is 1390. The van der Waals surface area contributed by atoms with Crippen molar-refractivity contribution in [3.8, 4) is 5.75 Å². The first kappa shape index (κ1) is 21.2. The number of phenols is 1. The summed E-state index contributed by atoms with van der Waals surface area (Å²) in [5.41, 5.74) is 0.430. The molecule has 1 amide bonds. The topological polar surface area (TPSA) is 139 Å². The van der Waals surface area contributed by atoms with Crippen molar-refractivity contribution in [3.63, 3.8) is 0 Å². The van der Waals surface area contributed by atoms with Crippen LogP contribution in [0, 0.1) is 18.0 Å². The Morgan fingerprint density at radius 1 is 1.21 bits per heavy atom. The standard InChI is InChI=1S/C23H22N3O7/c1-12-16-3-2-15(27)7-20(16)33-23(30)17(12)8-21(28)24-9-13-6-14(11-24)18-4-5-19(26(31)32)22(29)25(18)10-13/h2-5,7,13-14,27,31H,6,8-11H2,1H3/q-1. The number of hydrogen-bond donors (Lipinski definition) is 2. The minimum Gasteiger partial charge on any atom is -0.733 e. The summed E-state index contributed by atoms with van der Waals surface area (Å²) < 4.78 is 6.84. The van der Waals surface area contributed by atoms with E-state index in [2.05, 4.69) is 0 Å². The van der Waals surface area contributed by atoms with Gasteiger partial charge in [0.2, 0.25) is 5.91 Å². The van der Waals surface area contributed by atoms with Crippen LogP contribution in [0.25, 0.3) is 11.0 Å². The largest absolute Gasteiger partial charge is 0.733 e. The van der Waals surface area contributed by atoms with Gasteiger partial charge in [0.05, 0.1) is 12.0 Å². The molecule has 2 aliphatic heterocycles. The van der Waals surface area contributed by atoms with Crippen molar-refractivity contribution in [1.82, 2.24) is 9.47 Å². The molecule has 2 bridgehead atoms. The molecule has 2 aliphatic rings. The van der Waals surface area contributed by atoms with E-state index in [-0.39, 0.29) is 46.7 Å². The van der Waals surface area contributed by atoms with Gasteiger partial charge in [0.1, 0.15) is 17.0 Å². The maximum atomic E-state index is 13.2. The van der Waals surface area contributed by atoms with Crippen LogP contribution in [0.1, 0.15) is 29.2 Å². The average Bonchev–Trinajstić information content (AvgIpc) is 2.76. The lowest BCUT2D eigenvalue weighted by molar-refractivity contribution is -0.133. The fourth-order valence-electron chi connectivity index (χ4n) is 5.13. The van der Waals surface area contributed by atoms with Crippen LogP contribution < -0.4 is 16.4 Å². The molecule has 3 aromatic rings. The Labute approximate surface area is 187 Å². The van der Waals surface area contributed by atoms with Gasteiger partial charge in [0, 0.05) is 42.7 Å². The number of likely N-dealkylation sites (tertiary alicyclic amines) is 1. The number of nitrogens with zero attached hydrogens (tertiary/aromatic N) is 3. The van der Waals surface area contributed by atoms with Crippen molar-refractivity contribution in [2.75, 3.05) is 18.3 Å². The first-order valence-electron chi connectivity index (χ1n) is 10.7. The smallest absolute Gasteiger partial charge is 0.340 e. The highest BCUT2D eigenvalue weighted by Crippen LogP contribution is 2.36. The lowest BCUT2D eigenvalue weighted by Gasteiger charge is -2.43. The summed E-state index contributed by atoms with van der Waals surface area (Å²) >= 11 is 0. The lowest BCUT2D eigenvalue weighted by Crippen LogP contribution is -2.50. The average molecular weight is 452 g/mol. The van der Waals surface area contributed by atoms with E-state index in [0.29, 0.717) is 30.6 Å². The molecule has 172 valence electrons. The second-order valence-corrected chi connectivity index (χ2v) is 8.78. The number of pyridine rings is 1. The highest BCUT2D eigenvalue weighted by Gasteiger charge is 2.37. The Hall–Kier alpha value is -3.63. The molecular weight excluding hydrogens is 430 g/mol. The molecular formula is C23H22N3O7-. The molecule has 5 rings (SSSR count). The molecule has 1 aromatic carbocycles. The number of benzene rings is 1. The van der Waals surface area contributed by atoms with Gasteiger partial charge in [-0.05, 0) is 49.1 Å². The van der Waals surface area contributed by atoms with E-state index in [0.717, 1.165) is 12.1 Å². The predicted molar refractivity (Wildman–Crippen MR) is 118 cm³/mol. The summed E-state index contributed by atoms with van der Waals surface area (Å²) in [5.74, 6) is -0.281. The third kappa shape index (κ3) is 3.57. The number of piperidine rings is 1. The maximum Gasteiger partial charge on any atom is 0.340 e. The lowest BCUT2D eigenvalue weighted by atomic mass is 9.83. The van der Waals surface area contributed by atoms with E-state index in [1.54, 1.807) is 24.0 Å². The number of carbonyl (C=O) groups excluding carboxylic acids is 1. The number of rotatable bonds is 3. The Kier molecular flexibility index (Phi) is 4.98. The molecule has 2 aromatic heterocycles. The van der Waals surface area contributed by atoms with Crippen molar-refractivity contribution < 1.29 is 19.5 Å². The van der Waals surface area contributed by atoms with Crippen LogP contribution >= 0.6 is 0 Å². The van der Waals surface area contributed by atoms with Crippen LogP contribution in [-0.4, -0.2) is 38.8 Å². The summed E-state index contributed by atoms with van der Waals surface area (Å²) in [6.45, 7) is 2.92. The van der Waals surface area contributed by atoms with Crippen LogP contribution in [0.5, 0.6) is 5.75 Å². The number of hydrogen-bond acceptors (Lipinski definition) is 8. The van der Waals surface area contributed by atoms with Gasteiger partial charge in [-0.3, -0.25) is 14.8 Å². The molecule has 2 N–H and O–H groups in total. The molecule has 0 radical (unpaired) electrons. The minimum atomic E-state index is -0.605. The van der Waals surface area contributed by atoms with Crippen LogP contribution in [0.3, 0.4) is 0 Å². The van der Waals surface area contributed by atoms with Gasteiger partial charge >= 0.3 is 5.63 Å². The first-order chi connectivity index (χ1) is 15.7. The molecule has 2 atom stereocenters. The minimum absolute atomic E-state index is 0.0119. The van der Waals surface area contributed by atoms with Crippen LogP contribution in [-0.2, 0) is 17.8 Å². The summed E-state index contributed by atoms with van der Waals surface area (Å²) in [4.78, 5) is 40.0. The molecule has 1 saturated heterocycles. The molecule has 10 heteroatoms. The third-order valence-electron chi connectivity index (χ3n) is 6.74. The van der Waals surface area contributed by atoms with Crippen LogP contribution in [0.15, 0.2) is 44.3 Å². The van der Waals surface area contributed by atoms with E-state index < -0.39 is 16.4 Å². The number of aromatic hydroxyl groups is 1. The van der Waals surface area contributed by atoms with Crippen molar-refractivity contribution >= 4 is 22.6 Å². The monoisotopic (exact) mass is 452 g/mol. The fraction of sp³-hybridized carbons (Fsp3) is 0.348. The number of phenolic OH excluding ortho intramolecular Hbond substituents is 1. The highest BCUT2D eigenvalue weighted by atomic mass is 16.8. The Morgan fingerprint density at radius 2 is 2.00 bits per heavy atom. The predicted octanol–water partition coefficient (Wildman–Crippen LogP) is 1.85. The van der Waals surface area contributed by atoms with Gasteiger partial charge in [-0.25, -0.2) is 4.79 Å². The van der Waals surface area contributed by atoms with Gasteiger partial charge in [0.25, 0.3) is 5.56 Å². The van der Waals surface area contributed by atoms with Crippen LogP contribution in [0.2, 0.25) is 0 Å². The SMILES string of the molecule is Cc1c(CC(=O)N2CC3CC(C2)c2ccc(N([O-])O)c(=O)n2C3)c(=O)oc2cc(O)ccc12. The quantitative estimate of drug-likeness (QED) is 0.453. The van der Waals surface area contributed by atoms with E-state index >= 15 is 0 Å². The van der Waals surface area contributed by atoms with E-state index in [1.807, 2.05) is 0 Å². The summed E-state index contributed by atoms with van der Waals surface area (Å²) in [7, 11) is 0. The molecule has 2 unspecified atom stereocenters.